The third-order valence-corrected chi connectivity index (χ3v) is 8.00. The zero-order valence-corrected chi connectivity index (χ0v) is 19.4. The Labute approximate surface area is 201 Å². The number of hydrogen-bond donors (Lipinski definition) is 1. The van der Waals surface area contributed by atoms with E-state index in [0.29, 0.717) is 42.7 Å². The molecule has 0 unspecified atom stereocenters. The van der Waals surface area contributed by atoms with Crippen LogP contribution in [0.25, 0.3) is 11.1 Å². The summed E-state index contributed by atoms with van der Waals surface area (Å²) in [7, 11) is 0. The second-order valence-corrected chi connectivity index (χ2v) is 9.99. The van der Waals surface area contributed by atoms with Crippen LogP contribution in [0.15, 0.2) is 30.9 Å². The van der Waals surface area contributed by atoms with E-state index in [2.05, 4.69) is 6.58 Å². The zero-order chi connectivity index (χ0) is 25.3. The highest BCUT2D eigenvalue weighted by atomic mass is 19.2. The van der Waals surface area contributed by atoms with Gasteiger partial charge in [0.1, 0.15) is 17.2 Å². The molecule has 0 radical (unpaired) electrons. The van der Waals surface area contributed by atoms with Gasteiger partial charge in [-0.2, -0.15) is 0 Å². The number of aromatic carboxylic acids is 1. The van der Waals surface area contributed by atoms with Crippen molar-refractivity contribution in [3.8, 4) is 11.1 Å². The van der Waals surface area contributed by atoms with Crippen LogP contribution in [0.2, 0.25) is 0 Å². The van der Waals surface area contributed by atoms with E-state index in [9.17, 15) is 27.5 Å². The molecule has 0 saturated heterocycles. The normalized spacial score (nSPS) is 24.8. The second-order valence-electron chi connectivity index (χ2n) is 9.99. The molecule has 2 nitrogen and oxygen atoms in total. The number of hydrogen-bond acceptors (Lipinski definition) is 1. The van der Waals surface area contributed by atoms with Crippen molar-refractivity contribution in [2.75, 3.05) is 0 Å². The van der Waals surface area contributed by atoms with Crippen molar-refractivity contribution < 1.29 is 31.9 Å². The topological polar surface area (TPSA) is 37.3 Å². The van der Waals surface area contributed by atoms with Crippen LogP contribution >= 0.6 is 0 Å². The molecule has 0 atom stereocenters. The fourth-order valence-corrected chi connectivity index (χ4v) is 6.18. The zero-order valence-electron chi connectivity index (χ0n) is 19.4. The molecule has 2 fully saturated rings. The number of carboxylic acids is 1. The van der Waals surface area contributed by atoms with Gasteiger partial charge in [0.05, 0.1) is 0 Å². The number of carbonyl (C=O) groups is 1. The van der Waals surface area contributed by atoms with Crippen molar-refractivity contribution in [2.24, 2.45) is 17.8 Å². The quantitative estimate of drug-likeness (QED) is 0.250. The van der Waals surface area contributed by atoms with Crippen molar-refractivity contribution >= 4 is 5.97 Å². The molecule has 2 aromatic carbocycles. The molecule has 2 saturated carbocycles. The maximum absolute atomic E-state index is 15.3. The first-order chi connectivity index (χ1) is 16.7. The van der Waals surface area contributed by atoms with Crippen LogP contribution in [0.4, 0.5) is 22.0 Å². The van der Waals surface area contributed by atoms with Crippen molar-refractivity contribution in [1.29, 1.82) is 0 Å². The predicted molar refractivity (Wildman–Crippen MR) is 124 cm³/mol. The van der Waals surface area contributed by atoms with Gasteiger partial charge in [0.25, 0.3) is 0 Å². The van der Waals surface area contributed by atoms with Gasteiger partial charge in [0, 0.05) is 5.56 Å². The van der Waals surface area contributed by atoms with Crippen LogP contribution in [-0.2, 0) is 0 Å². The van der Waals surface area contributed by atoms with Gasteiger partial charge in [0.15, 0.2) is 17.5 Å². The first-order valence-electron chi connectivity index (χ1n) is 12.2. The molecular weight excluding hydrogens is 463 g/mol. The average molecular weight is 493 g/mol. The molecule has 0 heterocycles. The standard InChI is InChI=1S/C28H29F5O2/c1-2-3-15-4-6-16(7-5-15)17-8-10-18(11-9-17)20-14-21(29)25(28(34)35)27(33)24(20)19-12-22(30)26(32)23(31)13-19/h2,12-18H,1,3-11H2,(H,34,35). The van der Waals surface area contributed by atoms with Crippen LogP contribution in [0, 0.1) is 46.8 Å². The predicted octanol–water partition coefficient (Wildman–Crippen LogP) is 8.40. The van der Waals surface area contributed by atoms with Crippen LogP contribution < -0.4 is 0 Å². The lowest BCUT2D eigenvalue weighted by Gasteiger charge is -2.38. The van der Waals surface area contributed by atoms with Gasteiger partial charge in [-0.25, -0.2) is 26.7 Å². The number of carboxylic acid groups (broad SMARTS) is 1. The van der Waals surface area contributed by atoms with Crippen LogP contribution in [0.1, 0.15) is 79.6 Å². The highest BCUT2D eigenvalue weighted by Crippen LogP contribution is 2.47. The highest BCUT2D eigenvalue weighted by Gasteiger charge is 2.34. The van der Waals surface area contributed by atoms with Crippen molar-refractivity contribution in [1.82, 2.24) is 0 Å². The average Bonchev–Trinajstić information content (AvgIpc) is 2.82. The Morgan fingerprint density at radius 3 is 1.89 bits per heavy atom. The molecule has 1 N–H and O–H groups in total. The lowest BCUT2D eigenvalue weighted by molar-refractivity contribution is 0.0686. The summed E-state index contributed by atoms with van der Waals surface area (Å²) in [5.41, 5.74) is -1.75. The lowest BCUT2D eigenvalue weighted by atomic mass is 9.67. The molecule has 4 rings (SSSR count). The van der Waals surface area contributed by atoms with E-state index >= 15 is 4.39 Å². The number of halogens is 5. The third kappa shape index (κ3) is 5.14. The largest absolute Gasteiger partial charge is 0.477 e. The van der Waals surface area contributed by atoms with Crippen LogP contribution in [0.5, 0.6) is 0 Å². The van der Waals surface area contributed by atoms with Crippen molar-refractivity contribution in [3.63, 3.8) is 0 Å². The number of benzene rings is 2. The van der Waals surface area contributed by atoms with E-state index in [1.807, 2.05) is 6.08 Å². The Hall–Kier alpha value is -2.70. The summed E-state index contributed by atoms with van der Waals surface area (Å²) in [5, 5.41) is 9.31. The van der Waals surface area contributed by atoms with Gasteiger partial charge in [0.2, 0.25) is 0 Å². The van der Waals surface area contributed by atoms with E-state index in [1.165, 1.54) is 12.8 Å². The number of allylic oxidation sites excluding steroid dienone is 1. The summed E-state index contributed by atoms with van der Waals surface area (Å²) >= 11 is 0. The lowest BCUT2D eigenvalue weighted by Crippen LogP contribution is -2.25. The van der Waals surface area contributed by atoms with E-state index in [1.54, 1.807) is 0 Å². The summed E-state index contributed by atoms with van der Waals surface area (Å²) in [6.07, 6.45) is 10.6. The maximum Gasteiger partial charge on any atom is 0.341 e. The third-order valence-electron chi connectivity index (χ3n) is 8.00. The van der Waals surface area contributed by atoms with Gasteiger partial charge in [-0.3, -0.25) is 0 Å². The SMILES string of the molecule is C=CCC1CCC(C2CCC(c3cc(F)c(C(=O)O)c(F)c3-c3cc(F)c(F)c(F)c3)CC2)CC1. The van der Waals surface area contributed by atoms with Crippen LogP contribution in [0.3, 0.4) is 0 Å². The molecule has 7 heteroatoms. The summed E-state index contributed by atoms with van der Waals surface area (Å²) < 4.78 is 71.5. The molecule has 0 aromatic heterocycles. The Balaban J connectivity index is 1.62. The first kappa shape index (κ1) is 25.4. The summed E-state index contributed by atoms with van der Waals surface area (Å²) in [4.78, 5) is 11.5. The van der Waals surface area contributed by atoms with Crippen molar-refractivity contribution in [2.45, 2.75) is 63.7 Å². The highest BCUT2D eigenvalue weighted by molar-refractivity contribution is 5.91. The second kappa shape index (κ2) is 10.5. The van der Waals surface area contributed by atoms with E-state index in [-0.39, 0.29) is 22.6 Å². The molecule has 2 aliphatic rings. The minimum Gasteiger partial charge on any atom is -0.477 e. The van der Waals surface area contributed by atoms with Gasteiger partial charge in [-0.05, 0) is 111 Å². The monoisotopic (exact) mass is 492 g/mol. The fourth-order valence-electron chi connectivity index (χ4n) is 6.18. The molecule has 0 spiro atoms. The Morgan fingerprint density at radius 1 is 0.829 bits per heavy atom. The fraction of sp³-hybridized carbons (Fsp3) is 0.464. The smallest absolute Gasteiger partial charge is 0.341 e. The maximum atomic E-state index is 15.3. The number of rotatable bonds is 6. The van der Waals surface area contributed by atoms with E-state index < -0.39 is 40.6 Å². The molecule has 188 valence electrons. The minimum absolute atomic E-state index is 0.170. The summed E-state index contributed by atoms with van der Waals surface area (Å²) in [5.74, 6) is -7.72. The molecule has 0 amide bonds. The molecule has 2 aromatic rings. The first-order valence-corrected chi connectivity index (χ1v) is 12.2. The van der Waals surface area contributed by atoms with Gasteiger partial charge >= 0.3 is 5.97 Å². The summed E-state index contributed by atoms with van der Waals surface area (Å²) in [6.45, 7) is 3.82. The van der Waals surface area contributed by atoms with Gasteiger partial charge in [-0.15, -0.1) is 6.58 Å². The summed E-state index contributed by atoms with van der Waals surface area (Å²) in [6, 6.07) is 2.21. The Kier molecular flexibility index (Phi) is 7.62. The Bertz CT molecular complexity index is 1090. The molecule has 0 bridgehead atoms. The van der Waals surface area contributed by atoms with Crippen LogP contribution in [-0.4, -0.2) is 11.1 Å². The molecular formula is C28H29F5O2. The van der Waals surface area contributed by atoms with Gasteiger partial charge < -0.3 is 5.11 Å². The molecule has 2 aliphatic carbocycles. The minimum atomic E-state index is -1.83. The van der Waals surface area contributed by atoms with Gasteiger partial charge in [-0.1, -0.05) is 6.08 Å². The molecule has 35 heavy (non-hydrogen) atoms. The van der Waals surface area contributed by atoms with Crippen molar-refractivity contribution in [3.05, 3.63) is 71.1 Å². The van der Waals surface area contributed by atoms with E-state index in [4.69, 9.17) is 0 Å². The molecule has 0 aliphatic heterocycles. The Morgan fingerprint density at radius 2 is 1.37 bits per heavy atom. The van der Waals surface area contributed by atoms with E-state index in [0.717, 1.165) is 38.2 Å².